The van der Waals surface area contributed by atoms with Crippen LogP contribution in [0, 0.1) is 0 Å². The fourth-order valence-electron chi connectivity index (χ4n) is 6.34. The van der Waals surface area contributed by atoms with E-state index >= 15 is 52.7 Å². The quantitative estimate of drug-likeness (QED) is 0.114. The van der Waals surface area contributed by atoms with Crippen molar-refractivity contribution in [2.24, 2.45) is 11.5 Å². The van der Waals surface area contributed by atoms with Gasteiger partial charge in [-0.25, -0.2) is 8.78 Å². The maximum absolute atomic E-state index is 16.5. The van der Waals surface area contributed by atoms with Gasteiger partial charge in [0.2, 0.25) is 0 Å². The van der Waals surface area contributed by atoms with Gasteiger partial charge in [0.1, 0.15) is 0 Å². The van der Waals surface area contributed by atoms with E-state index in [9.17, 15) is 105 Å². The molecular formula is C22H6F36N2O6. The van der Waals surface area contributed by atoms with Crippen LogP contribution in [0.1, 0.15) is 0 Å². The second-order valence-electron chi connectivity index (χ2n) is 13.3. The normalized spacial score (nSPS) is 34.5. The predicted molar refractivity (Wildman–Crippen MR) is 117 cm³/mol. The molecule has 392 valence electrons. The minimum atomic E-state index is -10.4. The summed E-state index contributed by atoms with van der Waals surface area (Å²) in [6.07, 6.45) is -71.5. The predicted octanol–water partition coefficient (Wildman–Crippen LogP) is 8.05. The van der Waals surface area contributed by atoms with Crippen molar-refractivity contribution in [1.82, 2.24) is 0 Å². The highest BCUT2D eigenvalue weighted by molar-refractivity contribution is 5.55. The molecule has 0 aliphatic heterocycles. The summed E-state index contributed by atoms with van der Waals surface area (Å²) in [5, 5.41) is 17.1. The van der Waals surface area contributed by atoms with Crippen LogP contribution in [0.4, 0.5) is 158 Å². The molecule has 0 aromatic carbocycles. The number of hydrogen-bond donors (Lipinski definition) is 4. The Labute approximate surface area is 330 Å². The van der Waals surface area contributed by atoms with Gasteiger partial charge in [0.15, 0.2) is 0 Å². The van der Waals surface area contributed by atoms with Crippen LogP contribution in [0.15, 0.2) is 0 Å². The van der Waals surface area contributed by atoms with E-state index in [4.69, 9.17) is 10.2 Å². The highest BCUT2D eigenvalue weighted by Gasteiger charge is 3.24. The summed E-state index contributed by atoms with van der Waals surface area (Å²) in [6, 6.07) is 0. The number of hydrogen-bond acceptors (Lipinski definition) is 8. The molecule has 4 bridgehead atoms. The van der Waals surface area contributed by atoms with Crippen molar-refractivity contribution in [3.63, 3.8) is 0 Å². The molecule has 4 aliphatic carbocycles. The third kappa shape index (κ3) is 5.47. The standard InChI is InChI=1S/C22H6F36N2O6/c23-5(24)1(63-19(51,52)11(35,59)15(39,40)41)6(25,26)3(65-21(55,56)13(37,61)17(45,46)47)8(29,30)2(5,64-20(53,54)12(36,60)16(42,43)44)9(31,32)4(7(1,27)28,10(3,33)34)66-22(57,58)14(38,62)18(48,49)50/h61-62H,59-60H2. The highest BCUT2D eigenvalue weighted by atomic mass is 19.4. The molecule has 66 heavy (non-hydrogen) atoms. The number of halogens is 36. The van der Waals surface area contributed by atoms with Crippen LogP contribution in [-0.2, 0) is 18.9 Å². The van der Waals surface area contributed by atoms with Crippen molar-refractivity contribution in [2.45, 2.75) is 130 Å². The maximum atomic E-state index is 16.5. The van der Waals surface area contributed by atoms with Crippen molar-refractivity contribution in [3.05, 3.63) is 0 Å². The number of alkyl halides is 36. The van der Waals surface area contributed by atoms with Crippen LogP contribution in [0.3, 0.4) is 0 Å². The summed E-state index contributed by atoms with van der Waals surface area (Å²) in [5.74, 6) is -96.9. The molecule has 0 aromatic rings. The Hall–Kier alpha value is -2.84. The summed E-state index contributed by atoms with van der Waals surface area (Å²) < 4.78 is 536. The molecule has 6 N–H and O–H groups in total. The van der Waals surface area contributed by atoms with E-state index in [2.05, 4.69) is 11.5 Å². The summed E-state index contributed by atoms with van der Waals surface area (Å²) in [6.45, 7) is 0. The van der Waals surface area contributed by atoms with Gasteiger partial charge >= 0.3 is 108 Å². The molecule has 0 saturated heterocycles. The summed E-state index contributed by atoms with van der Waals surface area (Å²) in [5.41, 5.74) is -35.3. The molecule has 0 radical (unpaired) electrons. The second kappa shape index (κ2) is 13.1. The zero-order chi connectivity index (χ0) is 53.8. The van der Waals surface area contributed by atoms with Gasteiger partial charge in [-0.2, -0.15) is 149 Å². The summed E-state index contributed by atoms with van der Waals surface area (Å²) in [7, 11) is 0. The maximum Gasteiger partial charge on any atom is 0.457 e. The van der Waals surface area contributed by atoms with Crippen molar-refractivity contribution < 1.29 is 187 Å². The average molecular weight is 1080 g/mol. The molecule has 0 heterocycles. The molecule has 4 rings (SSSR count). The van der Waals surface area contributed by atoms with Gasteiger partial charge < -0.3 is 10.2 Å². The summed E-state index contributed by atoms with van der Waals surface area (Å²) in [4.78, 5) is 0. The van der Waals surface area contributed by atoms with Gasteiger partial charge in [-0.1, -0.05) is 0 Å². The molecule has 0 spiro atoms. The van der Waals surface area contributed by atoms with Crippen molar-refractivity contribution in [2.75, 3.05) is 0 Å². The third-order valence-corrected chi connectivity index (χ3v) is 9.63. The fourth-order valence-corrected chi connectivity index (χ4v) is 6.34. The largest absolute Gasteiger partial charge is 0.457 e. The monoisotopic (exact) mass is 1080 g/mol. The Bertz CT molecular complexity index is 1580. The number of nitrogens with two attached hydrogens (primary N) is 2. The van der Waals surface area contributed by atoms with Gasteiger partial charge in [-0.15, -0.1) is 0 Å². The lowest BCUT2D eigenvalue weighted by Gasteiger charge is -2.79. The van der Waals surface area contributed by atoms with Crippen LogP contribution >= 0.6 is 0 Å². The Kier molecular flexibility index (Phi) is 11.4. The Morgan fingerprint density at radius 1 is 0.258 bits per heavy atom. The van der Waals surface area contributed by atoms with Crippen LogP contribution in [-0.4, -0.2) is 141 Å². The lowest BCUT2D eigenvalue weighted by molar-refractivity contribution is -0.691. The SMILES string of the molecule is NC(F)(C(F)(F)F)C(F)(F)OC12C(F)(F)C3(OC(F)(F)C(N)(F)C(F)(F)F)C(F)(F)C(OC(F)(F)C(O)(F)C(F)(F)F)(C1(F)F)C(F)(F)C(OC(F)(F)C(O)(F)C(F)(F)F)(C2(F)F)C3(F)F. The topological polar surface area (TPSA) is 129 Å². The molecule has 0 aromatic heterocycles. The van der Waals surface area contributed by atoms with E-state index < -0.39 is 130 Å². The van der Waals surface area contributed by atoms with E-state index in [1.807, 2.05) is 0 Å². The molecule has 4 atom stereocenters. The molecule has 4 unspecified atom stereocenters. The number of rotatable bonds is 12. The Balaban J connectivity index is 3.13. The first-order valence-corrected chi connectivity index (χ1v) is 14.5. The molecular weight excluding hydrogens is 1070 g/mol. The molecule has 44 heteroatoms. The van der Waals surface area contributed by atoms with Crippen LogP contribution in [0.5, 0.6) is 0 Å². The van der Waals surface area contributed by atoms with Crippen LogP contribution < -0.4 is 11.5 Å². The third-order valence-electron chi connectivity index (χ3n) is 9.63. The first-order chi connectivity index (χ1) is 27.8. The summed E-state index contributed by atoms with van der Waals surface area (Å²) >= 11 is 0. The molecule has 0 amide bonds. The van der Waals surface area contributed by atoms with Gasteiger partial charge in [-0.05, 0) is 0 Å². The van der Waals surface area contributed by atoms with Crippen molar-refractivity contribution >= 4 is 0 Å². The lowest BCUT2D eigenvalue weighted by atomic mass is 9.38. The first kappa shape index (κ1) is 57.5. The number of ether oxygens (including phenoxy) is 4. The van der Waals surface area contributed by atoms with Gasteiger partial charge in [0.05, 0.1) is 0 Å². The zero-order valence-corrected chi connectivity index (χ0v) is 28.3. The number of aliphatic hydroxyl groups is 2. The average Bonchev–Trinajstić information content (AvgIpc) is 3.02. The zero-order valence-electron chi connectivity index (χ0n) is 28.3. The van der Waals surface area contributed by atoms with Gasteiger partial charge in [0, 0.05) is 0 Å². The van der Waals surface area contributed by atoms with Crippen molar-refractivity contribution in [3.8, 4) is 0 Å². The Morgan fingerprint density at radius 2 is 0.394 bits per heavy atom. The lowest BCUT2D eigenvalue weighted by Crippen LogP contribution is -3.13. The van der Waals surface area contributed by atoms with Crippen LogP contribution in [0.25, 0.3) is 0 Å². The Morgan fingerprint density at radius 3 is 0.515 bits per heavy atom. The molecule has 4 aliphatic rings. The van der Waals surface area contributed by atoms with Gasteiger partial charge in [-0.3, -0.25) is 30.4 Å². The minimum absolute atomic E-state index is 1.16. The van der Waals surface area contributed by atoms with E-state index in [-0.39, 0.29) is 0 Å². The van der Waals surface area contributed by atoms with Gasteiger partial charge in [0.25, 0.3) is 22.4 Å². The highest BCUT2D eigenvalue weighted by Crippen LogP contribution is 2.90. The minimum Gasteiger partial charge on any atom is -0.348 e. The van der Waals surface area contributed by atoms with Crippen molar-refractivity contribution in [1.29, 1.82) is 0 Å². The van der Waals surface area contributed by atoms with E-state index in [0.29, 0.717) is 0 Å². The van der Waals surface area contributed by atoms with E-state index in [0.717, 1.165) is 9.47 Å². The van der Waals surface area contributed by atoms with E-state index in [1.54, 1.807) is 0 Å². The second-order valence-corrected chi connectivity index (χ2v) is 13.3. The smallest absolute Gasteiger partial charge is 0.348 e. The van der Waals surface area contributed by atoms with E-state index in [1.165, 1.54) is 9.47 Å². The first-order valence-electron chi connectivity index (χ1n) is 14.5. The van der Waals surface area contributed by atoms with Crippen LogP contribution in [0.2, 0.25) is 0 Å². The molecule has 4 fully saturated rings. The fraction of sp³-hybridized carbons (Fsp3) is 1.00. The molecule has 4 saturated carbocycles. The molecule has 8 nitrogen and oxygen atoms in total.